The standard InChI is InChI=1S/C25H28N8/c1-5-32(6-2)24-13-8-19(16-20(24)17-26)23-14-15-28-25(30-23)29-21-9-11-22(12-10-21)33(7-3)31-18(4)27/h7-16H,3,5-6H2,1-2,4H3,(H2,27,31)(H,28,29,30). The second kappa shape index (κ2) is 10.8. The number of hydrogen-bond donors (Lipinski definition) is 2. The molecule has 0 aliphatic heterocycles. The minimum atomic E-state index is 0.437. The summed E-state index contributed by atoms with van der Waals surface area (Å²) in [4.78, 5) is 11.1. The molecule has 2 aromatic carbocycles. The van der Waals surface area contributed by atoms with Gasteiger partial charge in [0.05, 0.1) is 22.6 Å². The average molecular weight is 441 g/mol. The maximum absolute atomic E-state index is 9.66. The van der Waals surface area contributed by atoms with Gasteiger partial charge in [-0.2, -0.15) is 10.4 Å². The number of benzene rings is 2. The Labute approximate surface area is 194 Å². The van der Waals surface area contributed by atoms with Crippen molar-refractivity contribution in [1.29, 1.82) is 5.26 Å². The molecule has 0 fully saturated rings. The van der Waals surface area contributed by atoms with Gasteiger partial charge in [0.15, 0.2) is 0 Å². The van der Waals surface area contributed by atoms with Crippen LogP contribution in [0.1, 0.15) is 26.3 Å². The van der Waals surface area contributed by atoms with Gasteiger partial charge in [-0.3, -0.25) is 0 Å². The van der Waals surface area contributed by atoms with Crippen LogP contribution in [0.3, 0.4) is 0 Å². The molecule has 0 radical (unpaired) electrons. The van der Waals surface area contributed by atoms with Gasteiger partial charge in [0, 0.05) is 36.7 Å². The van der Waals surface area contributed by atoms with Gasteiger partial charge < -0.3 is 16.0 Å². The van der Waals surface area contributed by atoms with Gasteiger partial charge >= 0.3 is 0 Å². The predicted molar refractivity (Wildman–Crippen MR) is 135 cm³/mol. The van der Waals surface area contributed by atoms with E-state index in [1.54, 1.807) is 24.3 Å². The molecule has 0 aliphatic carbocycles. The molecule has 33 heavy (non-hydrogen) atoms. The highest BCUT2D eigenvalue weighted by atomic mass is 15.5. The molecule has 0 saturated heterocycles. The van der Waals surface area contributed by atoms with E-state index in [1.165, 1.54) is 0 Å². The van der Waals surface area contributed by atoms with Crippen molar-refractivity contribution in [2.24, 2.45) is 10.8 Å². The average Bonchev–Trinajstić information content (AvgIpc) is 2.84. The summed E-state index contributed by atoms with van der Waals surface area (Å²) in [5, 5.41) is 18.7. The van der Waals surface area contributed by atoms with Crippen molar-refractivity contribution in [1.82, 2.24) is 9.97 Å². The minimum Gasteiger partial charge on any atom is -0.386 e. The van der Waals surface area contributed by atoms with Gasteiger partial charge in [-0.15, -0.1) is 0 Å². The Balaban J connectivity index is 1.83. The van der Waals surface area contributed by atoms with Crippen molar-refractivity contribution in [2.75, 3.05) is 28.3 Å². The fourth-order valence-electron chi connectivity index (χ4n) is 3.41. The van der Waals surface area contributed by atoms with Crippen molar-refractivity contribution >= 4 is 28.8 Å². The van der Waals surface area contributed by atoms with Gasteiger partial charge in [-0.25, -0.2) is 15.0 Å². The Kier molecular flexibility index (Phi) is 7.60. The first-order valence-electron chi connectivity index (χ1n) is 10.7. The van der Waals surface area contributed by atoms with Crippen LogP contribution in [0.5, 0.6) is 0 Å². The second-order valence-electron chi connectivity index (χ2n) is 7.22. The molecule has 0 saturated carbocycles. The number of amidine groups is 1. The van der Waals surface area contributed by atoms with Crippen molar-refractivity contribution in [3.8, 4) is 17.3 Å². The zero-order valence-corrected chi connectivity index (χ0v) is 19.2. The molecule has 168 valence electrons. The quantitative estimate of drug-likeness (QED) is 0.278. The number of nitriles is 1. The molecule has 0 amide bonds. The number of nitrogens with two attached hydrogens (primary N) is 1. The SMILES string of the molecule is C=CN(/N=C(/C)N)c1ccc(Nc2nccc(-c3ccc(N(CC)CC)c(C#N)c3)n2)cc1. The van der Waals surface area contributed by atoms with Crippen LogP contribution in [-0.2, 0) is 0 Å². The number of aromatic nitrogens is 2. The molecule has 1 heterocycles. The third-order valence-electron chi connectivity index (χ3n) is 5.00. The lowest BCUT2D eigenvalue weighted by Gasteiger charge is -2.22. The number of nitrogens with zero attached hydrogens (tertiary/aromatic N) is 6. The highest BCUT2D eigenvalue weighted by Crippen LogP contribution is 2.27. The monoisotopic (exact) mass is 440 g/mol. The molecule has 0 unspecified atom stereocenters. The van der Waals surface area contributed by atoms with E-state index in [0.717, 1.165) is 41.4 Å². The third-order valence-corrected chi connectivity index (χ3v) is 5.00. The molecule has 0 atom stereocenters. The maximum Gasteiger partial charge on any atom is 0.227 e. The van der Waals surface area contributed by atoms with Crippen LogP contribution < -0.4 is 21.0 Å². The zero-order valence-electron chi connectivity index (χ0n) is 19.2. The van der Waals surface area contributed by atoms with E-state index in [1.807, 2.05) is 48.5 Å². The van der Waals surface area contributed by atoms with E-state index in [-0.39, 0.29) is 0 Å². The number of nitrogens with one attached hydrogen (secondary N) is 1. The van der Waals surface area contributed by atoms with Crippen molar-refractivity contribution in [3.05, 3.63) is 73.1 Å². The molecule has 8 heteroatoms. The van der Waals surface area contributed by atoms with Gasteiger partial charge in [-0.1, -0.05) is 12.6 Å². The highest BCUT2D eigenvalue weighted by Gasteiger charge is 2.11. The van der Waals surface area contributed by atoms with E-state index in [2.05, 4.69) is 51.8 Å². The first-order valence-corrected chi connectivity index (χ1v) is 10.7. The van der Waals surface area contributed by atoms with Crippen LogP contribution >= 0.6 is 0 Å². The first-order chi connectivity index (χ1) is 16.0. The van der Waals surface area contributed by atoms with Crippen LogP contribution in [0.15, 0.2) is 72.6 Å². The zero-order chi connectivity index (χ0) is 23.8. The third kappa shape index (κ3) is 5.66. The van der Waals surface area contributed by atoms with E-state index < -0.39 is 0 Å². The minimum absolute atomic E-state index is 0.437. The van der Waals surface area contributed by atoms with Crippen LogP contribution in [0.4, 0.5) is 23.0 Å². The largest absolute Gasteiger partial charge is 0.386 e. The molecule has 3 aromatic rings. The van der Waals surface area contributed by atoms with E-state index in [4.69, 9.17) is 5.73 Å². The fraction of sp³-hybridized carbons (Fsp3) is 0.200. The molecule has 3 rings (SSSR count). The highest BCUT2D eigenvalue weighted by molar-refractivity contribution is 5.79. The van der Waals surface area contributed by atoms with Gasteiger partial charge in [0.2, 0.25) is 5.95 Å². The molecule has 0 aliphatic rings. The van der Waals surface area contributed by atoms with Crippen molar-refractivity contribution < 1.29 is 0 Å². The van der Waals surface area contributed by atoms with E-state index in [9.17, 15) is 5.26 Å². The number of anilines is 4. The summed E-state index contributed by atoms with van der Waals surface area (Å²) < 4.78 is 0. The lowest BCUT2D eigenvalue weighted by Crippen LogP contribution is -2.22. The van der Waals surface area contributed by atoms with E-state index in [0.29, 0.717) is 17.3 Å². The molecule has 0 bridgehead atoms. The van der Waals surface area contributed by atoms with Crippen LogP contribution in [-0.4, -0.2) is 28.9 Å². The maximum atomic E-state index is 9.66. The van der Waals surface area contributed by atoms with Crippen LogP contribution in [0.2, 0.25) is 0 Å². The Morgan fingerprint density at radius 3 is 2.52 bits per heavy atom. The van der Waals surface area contributed by atoms with Gasteiger partial charge in [-0.05, 0) is 63.2 Å². The van der Waals surface area contributed by atoms with E-state index >= 15 is 0 Å². The summed E-state index contributed by atoms with van der Waals surface area (Å²) >= 11 is 0. The number of hydrogen-bond acceptors (Lipinski definition) is 7. The number of rotatable bonds is 9. The first kappa shape index (κ1) is 23.3. The number of hydrazone groups is 1. The molecule has 3 N–H and O–H groups in total. The smallest absolute Gasteiger partial charge is 0.227 e. The summed E-state index contributed by atoms with van der Waals surface area (Å²) in [5.41, 5.74) is 10.5. The molecule has 8 nitrogen and oxygen atoms in total. The normalized spacial score (nSPS) is 10.9. The van der Waals surface area contributed by atoms with Crippen molar-refractivity contribution in [3.63, 3.8) is 0 Å². The lowest BCUT2D eigenvalue weighted by atomic mass is 10.1. The van der Waals surface area contributed by atoms with Crippen LogP contribution in [0.25, 0.3) is 11.3 Å². The predicted octanol–water partition coefficient (Wildman–Crippen LogP) is 4.85. The Morgan fingerprint density at radius 2 is 1.91 bits per heavy atom. The van der Waals surface area contributed by atoms with Gasteiger partial charge in [0.25, 0.3) is 0 Å². The summed E-state index contributed by atoms with van der Waals surface area (Å²) in [6.07, 6.45) is 3.29. The molecule has 0 spiro atoms. The lowest BCUT2D eigenvalue weighted by molar-refractivity contribution is 0.864. The van der Waals surface area contributed by atoms with Crippen molar-refractivity contribution in [2.45, 2.75) is 20.8 Å². The summed E-state index contributed by atoms with van der Waals surface area (Å²) in [6.45, 7) is 11.3. The van der Waals surface area contributed by atoms with Gasteiger partial charge in [0.1, 0.15) is 11.9 Å². The second-order valence-corrected chi connectivity index (χ2v) is 7.22. The summed E-state index contributed by atoms with van der Waals surface area (Å²) in [5.74, 6) is 0.898. The Morgan fingerprint density at radius 1 is 1.18 bits per heavy atom. The topological polar surface area (TPSA) is 106 Å². The van der Waals surface area contributed by atoms with Crippen LogP contribution in [0, 0.1) is 11.3 Å². The molecular weight excluding hydrogens is 412 g/mol. The fourth-order valence-corrected chi connectivity index (χ4v) is 3.41. The molecule has 1 aromatic heterocycles. The molecular formula is C25H28N8. The summed E-state index contributed by atoms with van der Waals surface area (Å²) in [6, 6.07) is 17.6. The Hall–Kier alpha value is -4.38. The Bertz CT molecular complexity index is 1170. The summed E-state index contributed by atoms with van der Waals surface area (Å²) in [7, 11) is 0.